The highest BCUT2D eigenvalue weighted by molar-refractivity contribution is 5.92. The van der Waals surface area contributed by atoms with Crippen LogP contribution in [0, 0.1) is 0 Å². The Bertz CT molecular complexity index is 491. The number of primary amides is 1. The summed E-state index contributed by atoms with van der Waals surface area (Å²) < 4.78 is 5.36. The highest BCUT2D eigenvalue weighted by Gasteiger charge is 2.45. The first kappa shape index (κ1) is 24.5. The first-order valence-electron chi connectivity index (χ1n) is 7.07. The van der Waals surface area contributed by atoms with Crippen LogP contribution in [-0.4, -0.2) is 67.4 Å². The molecule has 0 saturated carbocycles. The molecule has 0 rings (SSSR count). The smallest absolute Gasteiger partial charge is 0.324 e. The lowest BCUT2D eigenvalue weighted by Crippen LogP contribution is -2.58. The van der Waals surface area contributed by atoms with E-state index in [0.717, 1.165) is 6.92 Å². The normalized spacial score (nSPS) is 14.7. The molecule has 9 nitrogen and oxygen atoms in total. The van der Waals surface area contributed by atoms with Gasteiger partial charge in [0.25, 0.3) is 0 Å². The van der Waals surface area contributed by atoms with Crippen LogP contribution in [-0.2, 0) is 23.9 Å². The van der Waals surface area contributed by atoms with Crippen LogP contribution in [0.5, 0.6) is 0 Å². The number of halogens is 1. The number of rotatable bonds is 10. The largest absolute Gasteiger partial charge is 0.550 e. The molecule has 0 aromatic rings. The first-order valence-corrected chi connectivity index (χ1v) is 7.07. The van der Waals surface area contributed by atoms with Crippen LogP contribution in [0.2, 0.25) is 0 Å². The van der Waals surface area contributed by atoms with Gasteiger partial charge in [-0.25, -0.2) is 0 Å². The minimum atomic E-state index is -1.88. The Morgan fingerprint density at radius 3 is 2.04 bits per heavy atom. The Morgan fingerprint density at radius 2 is 1.71 bits per heavy atom. The molecule has 0 saturated heterocycles. The van der Waals surface area contributed by atoms with Gasteiger partial charge in [-0.05, 0) is 13.3 Å². The van der Waals surface area contributed by atoms with E-state index < -0.39 is 41.7 Å². The second kappa shape index (κ2) is 9.55. The van der Waals surface area contributed by atoms with Crippen molar-refractivity contribution in [1.82, 2.24) is 0 Å². The number of nitrogens with two attached hydrogens (primary N) is 2. The number of nitrogens with zero attached hydrogens (tertiary/aromatic N) is 1. The molecule has 4 N–H and O–H groups in total. The van der Waals surface area contributed by atoms with Gasteiger partial charge >= 0.3 is 5.97 Å². The molecular weight excluding hydrogens is 342 g/mol. The summed E-state index contributed by atoms with van der Waals surface area (Å²) in [5.74, 6) is -3.74. The average molecular weight is 368 g/mol. The fourth-order valence-corrected chi connectivity index (χ4v) is 2.12. The number of quaternary nitrogens is 1. The molecule has 24 heavy (non-hydrogen) atoms. The van der Waals surface area contributed by atoms with Crippen molar-refractivity contribution >= 4 is 36.0 Å². The Labute approximate surface area is 147 Å². The third kappa shape index (κ3) is 8.80. The second-order valence-corrected chi connectivity index (χ2v) is 6.58. The monoisotopic (exact) mass is 367 g/mol. The quantitative estimate of drug-likeness (QED) is 0.325. The molecule has 0 fully saturated rings. The maximum absolute atomic E-state index is 12.1. The topological polar surface area (TPSA) is 153 Å². The van der Waals surface area contributed by atoms with E-state index in [0.29, 0.717) is 0 Å². The molecule has 0 bridgehead atoms. The van der Waals surface area contributed by atoms with Gasteiger partial charge in [0.1, 0.15) is 12.6 Å². The molecule has 0 aliphatic rings. The summed E-state index contributed by atoms with van der Waals surface area (Å²) in [6.07, 6.45) is -0.955. The maximum atomic E-state index is 12.1. The van der Waals surface area contributed by atoms with Crippen molar-refractivity contribution in [2.45, 2.75) is 37.8 Å². The second-order valence-electron chi connectivity index (χ2n) is 6.58. The van der Waals surface area contributed by atoms with Gasteiger partial charge in [0.05, 0.1) is 21.1 Å². The van der Waals surface area contributed by atoms with E-state index in [1.54, 1.807) is 21.1 Å². The van der Waals surface area contributed by atoms with Crippen molar-refractivity contribution in [3.05, 3.63) is 0 Å². The Balaban J connectivity index is 0. The molecule has 0 aliphatic heterocycles. The first-order chi connectivity index (χ1) is 10.3. The summed E-state index contributed by atoms with van der Waals surface area (Å²) >= 11 is 0. The molecule has 0 spiro atoms. The van der Waals surface area contributed by atoms with Crippen molar-refractivity contribution < 1.29 is 33.5 Å². The lowest BCUT2D eigenvalue weighted by atomic mass is 9.93. The highest BCUT2D eigenvalue weighted by Crippen LogP contribution is 2.22. The number of amides is 1. The molecule has 0 aliphatic carbocycles. The molecule has 2 atom stereocenters. The number of ether oxygens (including phenoxy) is 1. The number of likely N-dealkylation sites (N-methyl/N-ethyl adjacent to an activating group) is 1. The zero-order valence-corrected chi connectivity index (χ0v) is 15.2. The molecule has 0 aromatic carbocycles. The van der Waals surface area contributed by atoms with Gasteiger partial charge in [-0.1, -0.05) is 0 Å². The predicted molar refractivity (Wildman–Crippen MR) is 85.7 cm³/mol. The number of carbonyl (C=O) groups excluding carboxylic acids is 4. The SMILES string of the molecule is CC(=O)[C@@](CC(=O)[O-])(C[N+](C)(C)C)OC(=O)[C@@H](N)CCC(N)=O.Cl. The number of Topliss-reactive ketones (excluding diaryl/α,β-unsaturated/α-hetero) is 1. The number of hydrogen-bond acceptors (Lipinski definition) is 7. The minimum absolute atomic E-state index is 0. The summed E-state index contributed by atoms with van der Waals surface area (Å²) in [5.41, 5.74) is 8.71. The maximum Gasteiger partial charge on any atom is 0.324 e. The number of carboxylic acid groups (broad SMARTS) is 1. The van der Waals surface area contributed by atoms with Crippen molar-refractivity contribution in [3.8, 4) is 0 Å². The fourth-order valence-electron chi connectivity index (χ4n) is 2.12. The number of carbonyl (C=O) groups is 4. The number of aliphatic carboxylic acids is 1. The molecular formula is C14H26ClN3O6. The molecule has 0 heterocycles. The van der Waals surface area contributed by atoms with E-state index in [4.69, 9.17) is 16.2 Å². The molecule has 0 radical (unpaired) electrons. The third-order valence-corrected chi connectivity index (χ3v) is 3.10. The molecule has 140 valence electrons. The van der Waals surface area contributed by atoms with Gasteiger partial charge in [-0.15, -0.1) is 12.4 Å². The van der Waals surface area contributed by atoms with Crippen molar-refractivity contribution in [2.75, 3.05) is 27.7 Å². The Kier molecular flexibility index (Phi) is 9.77. The van der Waals surface area contributed by atoms with Crippen LogP contribution >= 0.6 is 12.4 Å². The summed E-state index contributed by atoms with van der Waals surface area (Å²) in [4.78, 5) is 45.8. The molecule has 0 aromatic heterocycles. The minimum Gasteiger partial charge on any atom is -0.550 e. The summed E-state index contributed by atoms with van der Waals surface area (Å²) in [5, 5.41) is 11.0. The summed E-state index contributed by atoms with van der Waals surface area (Å²) in [6.45, 7) is 1.07. The Hall–Kier alpha value is -1.71. The highest BCUT2D eigenvalue weighted by atomic mass is 35.5. The zero-order chi connectivity index (χ0) is 18.4. The van der Waals surface area contributed by atoms with Crippen LogP contribution in [0.15, 0.2) is 0 Å². The number of carboxylic acids is 1. The van der Waals surface area contributed by atoms with Crippen molar-refractivity contribution in [3.63, 3.8) is 0 Å². The Morgan fingerprint density at radius 1 is 1.21 bits per heavy atom. The van der Waals surface area contributed by atoms with E-state index in [2.05, 4.69) is 0 Å². The van der Waals surface area contributed by atoms with Crippen LogP contribution in [0.25, 0.3) is 0 Å². The average Bonchev–Trinajstić information content (AvgIpc) is 2.32. The lowest BCUT2D eigenvalue weighted by molar-refractivity contribution is -0.875. The third-order valence-electron chi connectivity index (χ3n) is 3.10. The predicted octanol–water partition coefficient (Wildman–Crippen LogP) is -2.28. The molecule has 0 unspecified atom stereocenters. The zero-order valence-electron chi connectivity index (χ0n) is 14.4. The van der Waals surface area contributed by atoms with Crippen molar-refractivity contribution in [1.29, 1.82) is 0 Å². The molecule has 1 amide bonds. The van der Waals surface area contributed by atoms with Gasteiger partial charge in [0.2, 0.25) is 11.5 Å². The fraction of sp³-hybridized carbons (Fsp3) is 0.714. The van der Waals surface area contributed by atoms with Crippen LogP contribution in [0.4, 0.5) is 0 Å². The summed E-state index contributed by atoms with van der Waals surface area (Å²) in [7, 11) is 5.15. The van der Waals surface area contributed by atoms with E-state index in [1.807, 2.05) is 0 Å². The lowest BCUT2D eigenvalue weighted by Gasteiger charge is -2.37. The van der Waals surface area contributed by atoms with Crippen LogP contribution in [0.3, 0.4) is 0 Å². The standard InChI is InChI=1S/C14H25N3O6.ClH/c1-9(18)14(7-12(20)21,8-17(2,3)4)23-13(22)10(15)5-6-11(16)19;/h10H,5-8,15H2,1-4H3,(H2-,16,19,20,21);1H/t10-,14+;/m0./s1. The van der Waals surface area contributed by atoms with Crippen LogP contribution in [0.1, 0.15) is 26.2 Å². The summed E-state index contributed by atoms with van der Waals surface area (Å²) in [6, 6.07) is -1.18. The number of ketones is 1. The van der Waals surface area contributed by atoms with Gasteiger partial charge in [0, 0.05) is 18.8 Å². The number of hydrogen-bond donors (Lipinski definition) is 2. The van der Waals surface area contributed by atoms with Gasteiger partial charge < -0.3 is 30.6 Å². The van der Waals surface area contributed by atoms with Gasteiger partial charge in [-0.3, -0.25) is 14.4 Å². The van der Waals surface area contributed by atoms with E-state index >= 15 is 0 Å². The number of esters is 1. The van der Waals surface area contributed by atoms with Gasteiger partial charge in [0.15, 0.2) is 5.78 Å². The van der Waals surface area contributed by atoms with Gasteiger partial charge in [-0.2, -0.15) is 0 Å². The van der Waals surface area contributed by atoms with E-state index in [1.165, 1.54) is 0 Å². The van der Waals surface area contributed by atoms with E-state index in [-0.39, 0.29) is 36.3 Å². The van der Waals surface area contributed by atoms with Crippen LogP contribution < -0.4 is 16.6 Å². The van der Waals surface area contributed by atoms with E-state index in [9.17, 15) is 24.3 Å². The van der Waals surface area contributed by atoms with Crippen molar-refractivity contribution in [2.24, 2.45) is 11.5 Å². The molecule has 10 heteroatoms.